The lowest BCUT2D eigenvalue weighted by Crippen LogP contribution is -2.14. The zero-order valence-electron chi connectivity index (χ0n) is 11.2. The first kappa shape index (κ1) is 12.9. The van der Waals surface area contributed by atoms with E-state index in [9.17, 15) is 8.42 Å². The van der Waals surface area contributed by atoms with Gasteiger partial charge in [-0.1, -0.05) is 18.2 Å². The molecule has 20 heavy (non-hydrogen) atoms. The summed E-state index contributed by atoms with van der Waals surface area (Å²) < 4.78 is 26.8. The molecule has 0 radical (unpaired) electrons. The Morgan fingerprint density at radius 1 is 1.00 bits per heavy atom. The van der Waals surface area contributed by atoms with Gasteiger partial charge in [0.25, 0.3) is 10.0 Å². The van der Waals surface area contributed by atoms with Crippen molar-refractivity contribution in [3.63, 3.8) is 0 Å². The molecule has 3 rings (SSSR count). The van der Waals surface area contributed by atoms with Crippen LogP contribution < -0.4 is 0 Å². The van der Waals surface area contributed by atoms with Crippen molar-refractivity contribution in [3.8, 4) is 0 Å². The van der Waals surface area contributed by atoms with Crippen molar-refractivity contribution in [2.24, 2.45) is 0 Å². The van der Waals surface area contributed by atoms with Gasteiger partial charge in [-0.2, -0.15) is 0 Å². The molecule has 3 aromatic rings. The SMILES string of the molecule is Cc1ccc2cc(C)n(S(=O)(=O)c3ccccc3)c2n1. The quantitative estimate of drug-likeness (QED) is 0.728. The van der Waals surface area contributed by atoms with Gasteiger partial charge in [-0.25, -0.2) is 17.4 Å². The number of aryl methyl sites for hydroxylation is 2. The van der Waals surface area contributed by atoms with Gasteiger partial charge in [-0.3, -0.25) is 0 Å². The van der Waals surface area contributed by atoms with E-state index in [1.165, 1.54) is 3.97 Å². The molecule has 0 bridgehead atoms. The van der Waals surface area contributed by atoms with Crippen LogP contribution in [0.3, 0.4) is 0 Å². The fourth-order valence-electron chi connectivity index (χ4n) is 2.28. The monoisotopic (exact) mass is 286 g/mol. The number of nitrogens with zero attached hydrogens (tertiary/aromatic N) is 2. The minimum Gasteiger partial charge on any atom is -0.234 e. The van der Waals surface area contributed by atoms with Crippen molar-refractivity contribution in [2.75, 3.05) is 0 Å². The molecule has 0 fully saturated rings. The lowest BCUT2D eigenvalue weighted by atomic mass is 10.3. The summed E-state index contributed by atoms with van der Waals surface area (Å²) in [5.74, 6) is 0. The zero-order chi connectivity index (χ0) is 14.3. The van der Waals surface area contributed by atoms with Crippen LogP contribution in [0.2, 0.25) is 0 Å². The second-order valence-electron chi connectivity index (χ2n) is 4.73. The van der Waals surface area contributed by atoms with Gasteiger partial charge >= 0.3 is 0 Å². The van der Waals surface area contributed by atoms with Gasteiger partial charge in [-0.05, 0) is 44.2 Å². The number of aromatic nitrogens is 2. The lowest BCUT2D eigenvalue weighted by molar-refractivity contribution is 0.587. The largest absolute Gasteiger partial charge is 0.269 e. The van der Waals surface area contributed by atoms with Gasteiger partial charge < -0.3 is 0 Å². The highest BCUT2D eigenvalue weighted by Crippen LogP contribution is 2.24. The number of pyridine rings is 1. The summed E-state index contributed by atoms with van der Waals surface area (Å²) in [5, 5.41) is 0.826. The van der Waals surface area contributed by atoms with Crippen molar-refractivity contribution in [1.82, 2.24) is 8.96 Å². The Kier molecular flexibility index (Phi) is 2.87. The van der Waals surface area contributed by atoms with E-state index in [0.29, 0.717) is 11.3 Å². The maximum Gasteiger partial charge on any atom is 0.269 e. The van der Waals surface area contributed by atoms with Crippen LogP contribution in [-0.2, 0) is 10.0 Å². The Morgan fingerprint density at radius 2 is 1.70 bits per heavy atom. The molecule has 4 nitrogen and oxygen atoms in total. The van der Waals surface area contributed by atoms with Crippen molar-refractivity contribution in [3.05, 3.63) is 59.9 Å². The lowest BCUT2D eigenvalue weighted by Gasteiger charge is -2.09. The Hall–Kier alpha value is -2.14. The molecule has 5 heteroatoms. The third kappa shape index (κ3) is 1.91. The van der Waals surface area contributed by atoms with E-state index in [2.05, 4.69) is 4.98 Å². The Balaban J connectivity index is 2.35. The summed E-state index contributed by atoms with van der Waals surface area (Å²) in [6.45, 7) is 3.62. The van der Waals surface area contributed by atoms with E-state index in [-0.39, 0.29) is 4.90 Å². The van der Waals surface area contributed by atoms with E-state index in [4.69, 9.17) is 0 Å². The second kappa shape index (κ2) is 4.45. The average Bonchev–Trinajstić information content (AvgIpc) is 2.75. The fraction of sp³-hybridized carbons (Fsp3) is 0.133. The highest BCUT2D eigenvalue weighted by atomic mass is 32.2. The molecule has 0 aliphatic rings. The molecule has 0 saturated heterocycles. The summed E-state index contributed by atoms with van der Waals surface area (Å²) >= 11 is 0. The van der Waals surface area contributed by atoms with Crippen molar-refractivity contribution in [1.29, 1.82) is 0 Å². The molecule has 0 saturated carbocycles. The Morgan fingerprint density at radius 3 is 2.40 bits per heavy atom. The first-order valence-corrected chi connectivity index (χ1v) is 7.70. The summed E-state index contributed by atoms with van der Waals surface area (Å²) in [4.78, 5) is 4.64. The summed E-state index contributed by atoms with van der Waals surface area (Å²) in [6, 6.07) is 14.0. The summed E-state index contributed by atoms with van der Waals surface area (Å²) in [6.07, 6.45) is 0. The molecule has 0 aliphatic heterocycles. The molecule has 0 amide bonds. The van der Waals surface area contributed by atoms with Crippen LogP contribution in [0.25, 0.3) is 11.0 Å². The number of hydrogen-bond donors (Lipinski definition) is 0. The fourth-order valence-corrected chi connectivity index (χ4v) is 3.80. The Labute approximate surface area is 117 Å². The third-order valence-electron chi connectivity index (χ3n) is 3.20. The number of rotatable bonds is 2. The molecule has 1 aromatic carbocycles. The third-order valence-corrected chi connectivity index (χ3v) is 5.01. The van der Waals surface area contributed by atoms with Gasteiger partial charge in [0.05, 0.1) is 4.90 Å². The molecule has 2 heterocycles. The van der Waals surface area contributed by atoms with E-state index in [1.807, 2.05) is 25.1 Å². The maximum atomic E-state index is 12.8. The molecule has 0 unspecified atom stereocenters. The van der Waals surface area contributed by atoms with Crippen molar-refractivity contribution < 1.29 is 8.42 Å². The molecule has 0 atom stereocenters. The minimum absolute atomic E-state index is 0.268. The molecule has 102 valence electrons. The van der Waals surface area contributed by atoms with Gasteiger partial charge in [0.15, 0.2) is 5.65 Å². The van der Waals surface area contributed by atoms with Crippen LogP contribution in [0.4, 0.5) is 0 Å². The zero-order valence-corrected chi connectivity index (χ0v) is 12.1. The smallest absolute Gasteiger partial charge is 0.234 e. The predicted molar refractivity (Wildman–Crippen MR) is 78.2 cm³/mol. The van der Waals surface area contributed by atoms with E-state index >= 15 is 0 Å². The van der Waals surface area contributed by atoms with Crippen molar-refractivity contribution in [2.45, 2.75) is 18.7 Å². The van der Waals surface area contributed by atoms with Crippen LogP contribution >= 0.6 is 0 Å². The van der Waals surface area contributed by atoms with Crippen LogP contribution in [0.1, 0.15) is 11.4 Å². The van der Waals surface area contributed by atoms with Crippen LogP contribution in [-0.4, -0.2) is 17.4 Å². The summed E-state index contributed by atoms with van der Waals surface area (Å²) in [7, 11) is -3.62. The first-order chi connectivity index (χ1) is 9.50. The van der Waals surface area contributed by atoms with Crippen LogP contribution in [0, 0.1) is 13.8 Å². The second-order valence-corrected chi connectivity index (χ2v) is 6.52. The predicted octanol–water partition coefficient (Wildman–Crippen LogP) is 2.89. The molecule has 0 aliphatic carbocycles. The van der Waals surface area contributed by atoms with Gasteiger partial charge in [-0.15, -0.1) is 0 Å². The maximum absolute atomic E-state index is 12.8. The highest BCUT2D eigenvalue weighted by Gasteiger charge is 2.21. The van der Waals surface area contributed by atoms with Gasteiger partial charge in [0.1, 0.15) is 0 Å². The normalized spacial score (nSPS) is 11.9. The van der Waals surface area contributed by atoms with Crippen LogP contribution in [0.15, 0.2) is 53.4 Å². The van der Waals surface area contributed by atoms with Crippen molar-refractivity contribution >= 4 is 21.1 Å². The summed E-state index contributed by atoms with van der Waals surface area (Å²) in [5.41, 5.74) is 1.92. The number of benzene rings is 1. The van der Waals surface area contributed by atoms with E-state index < -0.39 is 10.0 Å². The molecular formula is C15H14N2O2S. The molecule has 2 aromatic heterocycles. The highest BCUT2D eigenvalue weighted by molar-refractivity contribution is 7.90. The van der Waals surface area contributed by atoms with E-state index in [0.717, 1.165) is 11.1 Å². The number of fused-ring (bicyclic) bond motifs is 1. The molecular weight excluding hydrogens is 272 g/mol. The molecule has 0 N–H and O–H groups in total. The minimum atomic E-state index is -3.62. The first-order valence-electron chi connectivity index (χ1n) is 6.26. The average molecular weight is 286 g/mol. The molecule has 0 spiro atoms. The van der Waals surface area contributed by atoms with E-state index in [1.54, 1.807) is 37.3 Å². The van der Waals surface area contributed by atoms with Gasteiger partial charge in [0.2, 0.25) is 0 Å². The number of hydrogen-bond acceptors (Lipinski definition) is 3. The Bertz CT molecular complexity index is 881. The standard InChI is InChI=1S/C15H14N2O2S/c1-11-8-9-13-10-12(2)17(15(13)16-11)20(18,19)14-6-4-3-5-7-14/h3-10H,1-2H3. The van der Waals surface area contributed by atoms with Crippen LogP contribution in [0.5, 0.6) is 0 Å². The van der Waals surface area contributed by atoms with Gasteiger partial charge in [0, 0.05) is 16.8 Å². The topological polar surface area (TPSA) is 52.0 Å².